The first-order valence-electron chi connectivity index (χ1n) is 5.26. The van der Waals surface area contributed by atoms with Crippen molar-refractivity contribution in [2.24, 2.45) is 0 Å². The lowest BCUT2D eigenvalue weighted by Crippen LogP contribution is -2.46. The van der Waals surface area contributed by atoms with Crippen LogP contribution in [0.1, 0.15) is 20.3 Å². The van der Waals surface area contributed by atoms with Gasteiger partial charge in [-0.3, -0.25) is 0 Å². The van der Waals surface area contributed by atoms with Gasteiger partial charge in [0.25, 0.3) is 0 Å². The Morgan fingerprint density at radius 1 is 1.31 bits per heavy atom. The van der Waals surface area contributed by atoms with Crippen LogP contribution in [-0.4, -0.2) is 23.5 Å². The second-order valence-corrected chi connectivity index (χ2v) is 3.26. The Balaban J connectivity index is 2.90. The fourth-order valence-electron chi connectivity index (χ4n) is 1.37. The highest BCUT2D eigenvalue weighted by Gasteiger charge is 2.40. The molecule has 88 valence electrons. The summed E-state index contributed by atoms with van der Waals surface area (Å²) in [6, 6.07) is 8.80. The lowest BCUT2D eigenvalue weighted by molar-refractivity contribution is -0.211. The smallest absolute Gasteiger partial charge is 0.377 e. The molecule has 4 heteroatoms. The summed E-state index contributed by atoms with van der Waals surface area (Å²) in [5.41, 5.74) is 0. The topological polar surface area (TPSA) is 55.8 Å². The second-order valence-electron chi connectivity index (χ2n) is 3.26. The number of carboxylic acids is 1. The zero-order chi connectivity index (χ0) is 12.0. The molecular weight excluding hydrogens is 208 g/mol. The van der Waals surface area contributed by atoms with Crippen LogP contribution in [0.25, 0.3) is 0 Å². The van der Waals surface area contributed by atoms with Crippen molar-refractivity contribution in [2.45, 2.75) is 26.1 Å². The second kappa shape index (κ2) is 5.51. The van der Waals surface area contributed by atoms with Gasteiger partial charge in [0, 0.05) is 13.0 Å². The Morgan fingerprint density at radius 2 is 1.94 bits per heavy atom. The van der Waals surface area contributed by atoms with Crippen molar-refractivity contribution in [3.8, 4) is 5.75 Å². The monoisotopic (exact) mass is 224 g/mol. The third-order valence-corrected chi connectivity index (χ3v) is 2.19. The van der Waals surface area contributed by atoms with E-state index in [4.69, 9.17) is 14.6 Å². The lowest BCUT2D eigenvalue weighted by atomic mass is 10.2. The molecule has 0 aliphatic carbocycles. The first-order chi connectivity index (χ1) is 7.64. The van der Waals surface area contributed by atoms with Crippen LogP contribution >= 0.6 is 0 Å². The molecule has 0 aliphatic rings. The molecule has 16 heavy (non-hydrogen) atoms. The van der Waals surface area contributed by atoms with E-state index in [1.807, 2.05) is 6.07 Å². The third kappa shape index (κ3) is 2.73. The van der Waals surface area contributed by atoms with E-state index in [1.165, 1.54) is 0 Å². The summed E-state index contributed by atoms with van der Waals surface area (Å²) in [5.74, 6) is -2.21. The minimum Gasteiger partial charge on any atom is -0.476 e. The van der Waals surface area contributed by atoms with E-state index >= 15 is 0 Å². The number of hydrogen-bond acceptors (Lipinski definition) is 3. The number of aliphatic carboxylic acids is 1. The number of para-hydroxylation sites is 1. The van der Waals surface area contributed by atoms with E-state index in [-0.39, 0.29) is 13.0 Å². The highest BCUT2D eigenvalue weighted by Crippen LogP contribution is 2.23. The summed E-state index contributed by atoms with van der Waals surface area (Å²) in [4.78, 5) is 11.2. The van der Waals surface area contributed by atoms with Crippen molar-refractivity contribution in [1.82, 2.24) is 0 Å². The average Bonchev–Trinajstić information content (AvgIpc) is 2.29. The summed E-state index contributed by atoms with van der Waals surface area (Å²) in [5, 5.41) is 9.17. The molecule has 1 rings (SSSR count). The largest absolute Gasteiger partial charge is 0.476 e. The summed E-state index contributed by atoms with van der Waals surface area (Å²) in [6.07, 6.45) is 0.241. The number of ether oxygens (including phenoxy) is 2. The van der Waals surface area contributed by atoms with Crippen LogP contribution in [0, 0.1) is 0 Å². The fourth-order valence-corrected chi connectivity index (χ4v) is 1.37. The average molecular weight is 224 g/mol. The number of hydrogen-bond donors (Lipinski definition) is 1. The Bertz CT molecular complexity index is 336. The molecule has 1 aromatic carbocycles. The fraction of sp³-hybridized carbons (Fsp3) is 0.417. The first-order valence-corrected chi connectivity index (χ1v) is 5.26. The molecule has 0 aliphatic heterocycles. The van der Waals surface area contributed by atoms with E-state index in [0.29, 0.717) is 5.75 Å². The first kappa shape index (κ1) is 12.5. The molecule has 0 radical (unpaired) electrons. The predicted molar refractivity (Wildman–Crippen MR) is 59.4 cm³/mol. The predicted octanol–water partition coefficient (Wildman–Crippen LogP) is 2.29. The maximum Gasteiger partial charge on any atom is 0.377 e. The van der Waals surface area contributed by atoms with Crippen molar-refractivity contribution in [2.75, 3.05) is 6.61 Å². The van der Waals surface area contributed by atoms with E-state index in [0.717, 1.165) is 0 Å². The molecule has 0 saturated heterocycles. The van der Waals surface area contributed by atoms with Gasteiger partial charge in [-0.2, -0.15) is 0 Å². The zero-order valence-electron chi connectivity index (χ0n) is 9.47. The van der Waals surface area contributed by atoms with Gasteiger partial charge < -0.3 is 14.6 Å². The van der Waals surface area contributed by atoms with Crippen molar-refractivity contribution < 1.29 is 19.4 Å². The molecule has 0 saturated carbocycles. The number of carboxylic acid groups (broad SMARTS) is 1. The van der Waals surface area contributed by atoms with Crippen LogP contribution in [0.2, 0.25) is 0 Å². The molecule has 1 atom stereocenters. The van der Waals surface area contributed by atoms with Crippen LogP contribution in [-0.2, 0) is 9.53 Å². The Kier molecular flexibility index (Phi) is 4.31. The Hall–Kier alpha value is -1.55. The van der Waals surface area contributed by atoms with Gasteiger partial charge in [-0.15, -0.1) is 0 Å². The van der Waals surface area contributed by atoms with Gasteiger partial charge in [0.15, 0.2) is 0 Å². The number of benzene rings is 1. The molecule has 0 spiro atoms. The molecule has 0 amide bonds. The van der Waals surface area contributed by atoms with E-state index in [9.17, 15) is 4.79 Å². The summed E-state index contributed by atoms with van der Waals surface area (Å²) in [7, 11) is 0. The maximum atomic E-state index is 11.2. The molecule has 4 nitrogen and oxygen atoms in total. The summed E-state index contributed by atoms with van der Waals surface area (Å²) < 4.78 is 10.7. The molecule has 1 aromatic rings. The minimum atomic E-state index is -1.59. The summed E-state index contributed by atoms with van der Waals surface area (Å²) in [6.45, 7) is 3.74. The summed E-state index contributed by atoms with van der Waals surface area (Å²) >= 11 is 0. The Morgan fingerprint density at radius 3 is 2.38 bits per heavy atom. The normalized spacial score (nSPS) is 14.1. The molecule has 0 fully saturated rings. The van der Waals surface area contributed by atoms with Crippen molar-refractivity contribution >= 4 is 5.97 Å². The molecule has 0 aromatic heterocycles. The maximum absolute atomic E-state index is 11.2. The van der Waals surface area contributed by atoms with Gasteiger partial charge in [-0.05, 0) is 19.1 Å². The minimum absolute atomic E-state index is 0.241. The van der Waals surface area contributed by atoms with Crippen LogP contribution in [0.3, 0.4) is 0 Å². The third-order valence-electron chi connectivity index (χ3n) is 2.19. The van der Waals surface area contributed by atoms with Crippen molar-refractivity contribution in [3.05, 3.63) is 30.3 Å². The van der Waals surface area contributed by atoms with Crippen LogP contribution < -0.4 is 4.74 Å². The zero-order valence-corrected chi connectivity index (χ0v) is 9.47. The van der Waals surface area contributed by atoms with Gasteiger partial charge in [0.05, 0.1) is 0 Å². The van der Waals surface area contributed by atoms with Crippen LogP contribution in [0.5, 0.6) is 5.75 Å². The number of carbonyl (C=O) groups is 1. The van der Waals surface area contributed by atoms with Gasteiger partial charge in [-0.1, -0.05) is 25.1 Å². The number of rotatable bonds is 6. The highest BCUT2D eigenvalue weighted by molar-refractivity contribution is 5.76. The van der Waals surface area contributed by atoms with Crippen LogP contribution in [0.4, 0.5) is 0 Å². The lowest BCUT2D eigenvalue weighted by Gasteiger charge is -2.28. The van der Waals surface area contributed by atoms with Gasteiger partial charge in [-0.25, -0.2) is 4.79 Å². The highest BCUT2D eigenvalue weighted by atomic mass is 16.7. The van der Waals surface area contributed by atoms with Crippen molar-refractivity contribution in [3.63, 3.8) is 0 Å². The molecule has 0 bridgehead atoms. The van der Waals surface area contributed by atoms with Gasteiger partial charge in [0.1, 0.15) is 5.75 Å². The standard InChI is InChI=1S/C12H16O4/c1-3-12(11(13)14,15-4-2)16-10-8-6-5-7-9-10/h5-9H,3-4H2,1-2H3,(H,13,14). The Labute approximate surface area is 94.8 Å². The van der Waals surface area contributed by atoms with E-state index < -0.39 is 11.8 Å². The van der Waals surface area contributed by atoms with E-state index in [2.05, 4.69) is 0 Å². The van der Waals surface area contributed by atoms with Crippen molar-refractivity contribution in [1.29, 1.82) is 0 Å². The quantitative estimate of drug-likeness (QED) is 0.753. The SMILES string of the molecule is CCOC(CC)(Oc1ccccc1)C(=O)O. The molecule has 1 unspecified atom stereocenters. The molecule has 0 heterocycles. The van der Waals surface area contributed by atoms with Gasteiger partial charge >= 0.3 is 11.8 Å². The molecular formula is C12H16O4. The van der Waals surface area contributed by atoms with Crippen LogP contribution in [0.15, 0.2) is 30.3 Å². The van der Waals surface area contributed by atoms with Gasteiger partial charge in [0.2, 0.25) is 0 Å². The molecule has 1 N–H and O–H groups in total. The van der Waals surface area contributed by atoms with E-state index in [1.54, 1.807) is 38.1 Å².